The number of pyridine rings is 1. The third-order valence-electron chi connectivity index (χ3n) is 5.69. The van der Waals surface area contributed by atoms with Crippen molar-refractivity contribution in [3.63, 3.8) is 0 Å². The van der Waals surface area contributed by atoms with Crippen molar-refractivity contribution < 1.29 is 9.53 Å². The Bertz CT molecular complexity index is 1320. The minimum atomic E-state index is -0.0531. The molecule has 1 aromatic carbocycles. The molecule has 5 rings (SSSR count). The molecule has 0 aliphatic carbocycles. The van der Waals surface area contributed by atoms with Crippen molar-refractivity contribution >= 4 is 44.9 Å². The number of carbonyl (C=O) groups is 1. The number of aryl methyl sites for hydroxylation is 2. The van der Waals surface area contributed by atoms with Gasteiger partial charge in [-0.25, -0.2) is 4.98 Å². The molecule has 34 heavy (non-hydrogen) atoms. The molecule has 4 heterocycles. The summed E-state index contributed by atoms with van der Waals surface area (Å²) in [5, 5.41) is 13.5. The van der Waals surface area contributed by atoms with Crippen molar-refractivity contribution in [1.29, 1.82) is 0 Å². The average molecular weight is 495 g/mol. The number of nitrogens with one attached hydrogen (secondary N) is 1. The maximum atomic E-state index is 12.5. The summed E-state index contributed by atoms with van der Waals surface area (Å²) >= 11 is 2.85. The van der Waals surface area contributed by atoms with Gasteiger partial charge >= 0.3 is 0 Å². The molecule has 0 unspecified atom stereocenters. The van der Waals surface area contributed by atoms with Crippen LogP contribution in [-0.4, -0.2) is 50.7 Å². The molecule has 1 aliphatic rings. The lowest BCUT2D eigenvalue weighted by atomic mass is 10.1. The Labute approximate surface area is 205 Å². The van der Waals surface area contributed by atoms with Gasteiger partial charge in [-0.15, -0.1) is 21.5 Å². The molecular formula is C24H26N6O2S2. The van der Waals surface area contributed by atoms with Crippen LogP contribution in [0.3, 0.4) is 0 Å². The van der Waals surface area contributed by atoms with Crippen LogP contribution in [0.25, 0.3) is 26.6 Å². The lowest BCUT2D eigenvalue weighted by molar-refractivity contribution is -0.119. The summed E-state index contributed by atoms with van der Waals surface area (Å²) < 4.78 is 7.58. The van der Waals surface area contributed by atoms with Crippen LogP contribution in [0.15, 0.2) is 41.7 Å². The Hall–Kier alpha value is -2.95. The highest BCUT2D eigenvalue weighted by molar-refractivity contribution is 7.99. The van der Waals surface area contributed by atoms with E-state index >= 15 is 0 Å². The molecule has 1 aliphatic heterocycles. The standard InChI is InChI=1S/C24H26N6O2S2/c1-14-9-15(2)11-16(10-14)30-22(21-20(25)18-6-3-7-26-23(18)34-21)28-29-24(30)33-13-19(31)27-12-17-5-4-8-32-17/h3,6-7,9-11,17H,4-5,8,12-13,25H2,1-2H3,(H,27,31)/t17-/m0/s1. The molecule has 3 aromatic heterocycles. The SMILES string of the molecule is Cc1cc(C)cc(-n2c(SCC(=O)NC[C@@H]3CCCO3)nnc2-c2sc3ncccc3c2N)c1. The number of nitrogen functional groups attached to an aromatic ring is 1. The van der Waals surface area contributed by atoms with E-state index in [9.17, 15) is 4.79 Å². The third kappa shape index (κ3) is 4.66. The largest absolute Gasteiger partial charge is 0.397 e. The van der Waals surface area contributed by atoms with Crippen molar-refractivity contribution in [2.24, 2.45) is 0 Å². The molecule has 0 spiro atoms. The first-order valence-corrected chi connectivity index (χ1v) is 13.0. The van der Waals surface area contributed by atoms with Gasteiger partial charge in [-0.3, -0.25) is 9.36 Å². The maximum absolute atomic E-state index is 12.5. The van der Waals surface area contributed by atoms with Crippen LogP contribution in [0.2, 0.25) is 0 Å². The first-order valence-electron chi connectivity index (χ1n) is 11.2. The Kier molecular flexibility index (Phi) is 6.53. The van der Waals surface area contributed by atoms with Crippen LogP contribution in [0.1, 0.15) is 24.0 Å². The number of amides is 1. The van der Waals surface area contributed by atoms with Gasteiger partial charge in [-0.2, -0.15) is 0 Å². The number of nitrogens with zero attached hydrogens (tertiary/aromatic N) is 4. The summed E-state index contributed by atoms with van der Waals surface area (Å²) in [4.78, 5) is 18.6. The highest BCUT2D eigenvalue weighted by Crippen LogP contribution is 2.41. The van der Waals surface area contributed by atoms with Crippen molar-refractivity contribution in [2.45, 2.75) is 37.9 Å². The number of hydrogen-bond acceptors (Lipinski definition) is 8. The van der Waals surface area contributed by atoms with E-state index in [4.69, 9.17) is 10.5 Å². The van der Waals surface area contributed by atoms with Crippen LogP contribution in [0.5, 0.6) is 0 Å². The number of fused-ring (bicyclic) bond motifs is 1. The number of nitrogens with two attached hydrogens (primary N) is 1. The number of hydrogen-bond donors (Lipinski definition) is 2. The van der Waals surface area contributed by atoms with Gasteiger partial charge in [0.25, 0.3) is 0 Å². The smallest absolute Gasteiger partial charge is 0.230 e. The zero-order valence-electron chi connectivity index (χ0n) is 19.1. The van der Waals surface area contributed by atoms with Gasteiger partial charge in [0.2, 0.25) is 5.91 Å². The van der Waals surface area contributed by atoms with Crippen molar-refractivity contribution in [3.05, 3.63) is 47.7 Å². The van der Waals surface area contributed by atoms with Crippen LogP contribution >= 0.6 is 23.1 Å². The highest BCUT2D eigenvalue weighted by atomic mass is 32.2. The van der Waals surface area contributed by atoms with Gasteiger partial charge in [-0.05, 0) is 62.1 Å². The third-order valence-corrected chi connectivity index (χ3v) is 7.74. The molecule has 8 nitrogen and oxygen atoms in total. The number of carbonyl (C=O) groups excluding carboxylic acids is 1. The lowest BCUT2D eigenvalue weighted by Gasteiger charge is -2.13. The Morgan fingerprint density at radius 3 is 2.85 bits per heavy atom. The van der Waals surface area contributed by atoms with Crippen LogP contribution < -0.4 is 11.1 Å². The van der Waals surface area contributed by atoms with Gasteiger partial charge in [0.15, 0.2) is 11.0 Å². The molecule has 1 saturated heterocycles. The number of rotatable bonds is 7. The van der Waals surface area contributed by atoms with Crippen molar-refractivity contribution in [3.8, 4) is 16.4 Å². The molecule has 1 atom stereocenters. The molecule has 4 aromatic rings. The quantitative estimate of drug-likeness (QED) is 0.372. The summed E-state index contributed by atoms with van der Waals surface area (Å²) in [7, 11) is 0. The predicted octanol–water partition coefficient (Wildman–Crippen LogP) is 4.13. The molecule has 176 valence electrons. The Balaban J connectivity index is 1.47. The van der Waals surface area contributed by atoms with Crippen molar-refractivity contribution in [2.75, 3.05) is 24.6 Å². The fourth-order valence-electron chi connectivity index (χ4n) is 4.15. The van der Waals surface area contributed by atoms with E-state index in [1.165, 1.54) is 23.1 Å². The number of benzene rings is 1. The first kappa shape index (κ1) is 22.8. The molecule has 0 bridgehead atoms. The maximum Gasteiger partial charge on any atom is 0.230 e. The van der Waals surface area contributed by atoms with Gasteiger partial charge in [0, 0.05) is 24.7 Å². The van der Waals surface area contributed by atoms with E-state index in [1.54, 1.807) is 6.20 Å². The zero-order chi connectivity index (χ0) is 23.7. The summed E-state index contributed by atoms with van der Waals surface area (Å²) in [6.45, 7) is 5.43. The molecule has 1 amide bonds. The molecule has 1 fully saturated rings. The minimum Gasteiger partial charge on any atom is -0.397 e. The second-order valence-electron chi connectivity index (χ2n) is 8.42. The number of thiophene rings is 1. The summed E-state index contributed by atoms with van der Waals surface area (Å²) in [6.07, 6.45) is 3.91. The Morgan fingerprint density at radius 2 is 2.12 bits per heavy atom. The fourth-order valence-corrected chi connectivity index (χ4v) is 5.97. The summed E-state index contributed by atoms with van der Waals surface area (Å²) in [5.41, 5.74) is 10.3. The summed E-state index contributed by atoms with van der Waals surface area (Å²) in [5.74, 6) is 0.828. The zero-order valence-corrected chi connectivity index (χ0v) is 20.7. The first-order chi connectivity index (χ1) is 16.5. The van der Waals surface area contributed by atoms with E-state index in [0.717, 1.165) is 51.4 Å². The van der Waals surface area contributed by atoms with Gasteiger partial charge in [0.05, 0.1) is 28.1 Å². The molecule has 3 N–H and O–H groups in total. The molecule has 10 heteroatoms. The highest BCUT2D eigenvalue weighted by Gasteiger charge is 2.23. The van der Waals surface area contributed by atoms with E-state index in [1.807, 2.05) is 16.7 Å². The second kappa shape index (κ2) is 9.73. The lowest BCUT2D eigenvalue weighted by Crippen LogP contribution is -2.32. The van der Waals surface area contributed by atoms with Gasteiger partial charge in [0.1, 0.15) is 4.83 Å². The van der Waals surface area contributed by atoms with E-state index in [2.05, 4.69) is 52.5 Å². The topological polar surface area (TPSA) is 108 Å². The average Bonchev–Trinajstić information content (AvgIpc) is 3.55. The van der Waals surface area contributed by atoms with Crippen molar-refractivity contribution in [1.82, 2.24) is 25.1 Å². The number of ether oxygens (including phenoxy) is 1. The van der Waals surface area contributed by atoms with Gasteiger partial charge < -0.3 is 15.8 Å². The Morgan fingerprint density at radius 1 is 1.29 bits per heavy atom. The van der Waals surface area contributed by atoms with E-state index in [0.29, 0.717) is 23.2 Å². The fraction of sp³-hybridized carbons (Fsp3) is 0.333. The predicted molar refractivity (Wildman–Crippen MR) is 137 cm³/mol. The molecular weight excluding hydrogens is 468 g/mol. The van der Waals surface area contributed by atoms with E-state index in [-0.39, 0.29) is 17.8 Å². The number of anilines is 1. The molecule has 0 radical (unpaired) electrons. The minimum absolute atomic E-state index is 0.0531. The monoisotopic (exact) mass is 494 g/mol. The second-order valence-corrected chi connectivity index (χ2v) is 10.4. The van der Waals surface area contributed by atoms with Crippen LogP contribution in [-0.2, 0) is 9.53 Å². The normalized spacial score (nSPS) is 15.8. The van der Waals surface area contributed by atoms with E-state index < -0.39 is 0 Å². The number of thioether (sulfide) groups is 1. The van der Waals surface area contributed by atoms with Gasteiger partial charge in [-0.1, -0.05) is 17.8 Å². The number of aromatic nitrogens is 4. The van der Waals surface area contributed by atoms with Crippen LogP contribution in [0, 0.1) is 13.8 Å². The summed E-state index contributed by atoms with van der Waals surface area (Å²) in [6, 6.07) is 10.1. The molecule has 0 saturated carbocycles. The van der Waals surface area contributed by atoms with Crippen LogP contribution in [0.4, 0.5) is 5.69 Å².